The second-order valence-corrected chi connectivity index (χ2v) is 5.44. The lowest BCUT2D eigenvalue weighted by Crippen LogP contribution is -2.25. The van der Waals surface area contributed by atoms with E-state index in [1.807, 2.05) is 37.3 Å². The minimum absolute atomic E-state index is 0.0808. The summed E-state index contributed by atoms with van der Waals surface area (Å²) in [5, 5.41) is 0.812. The van der Waals surface area contributed by atoms with Gasteiger partial charge in [0, 0.05) is 24.7 Å². The zero-order chi connectivity index (χ0) is 13.7. The van der Waals surface area contributed by atoms with E-state index in [4.69, 9.17) is 0 Å². The van der Waals surface area contributed by atoms with Crippen molar-refractivity contribution >= 4 is 11.8 Å². The van der Waals surface area contributed by atoms with E-state index in [9.17, 15) is 4.79 Å². The second kappa shape index (κ2) is 6.57. The summed E-state index contributed by atoms with van der Waals surface area (Å²) in [6.07, 6.45) is 2.36. The third kappa shape index (κ3) is 3.26. The normalized spacial score (nSPS) is 10.6. The molecule has 0 saturated heterocycles. The van der Waals surface area contributed by atoms with Crippen LogP contribution in [-0.4, -0.2) is 15.3 Å². The van der Waals surface area contributed by atoms with Gasteiger partial charge in [0.15, 0.2) is 5.16 Å². The molecule has 4 heteroatoms. The maximum absolute atomic E-state index is 12.4. The molecule has 1 aromatic heterocycles. The van der Waals surface area contributed by atoms with E-state index in [0.29, 0.717) is 13.0 Å². The maximum Gasteiger partial charge on any atom is 0.257 e. The van der Waals surface area contributed by atoms with Gasteiger partial charge in [-0.15, -0.1) is 0 Å². The van der Waals surface area contributed by atoms with E-state index in [2.05, 4.69) is 11.9 Å². The molecular formula is C15H18N2OS. The number of aromatic nitrogens is 2. The Labute approximate surface area is 117 Å². The van der Waals surface area contributed by atoms with E-state index in [1.54, 1.807) is 22.5 Å². The summed E-state index contributed by atoms with van der Waals surface area (Å²) in [4.78, 5) is 16.8. The van der Waals surface area contributed by atoms with Crippen molar-refractivity contribution in [3.8, 4) is 0 Å². The molecule has 19 heavy (non-hydrogen) atoms. The van der Waals surface area contributed by atoms with Crippen molar-refractivity contribution in [2.75, 3.05) is 5.75 Å². The fourth-order valence-corrected chi connectivity index (χ4v) is 2.73. The van der Waals surface area contributed by atoms with Crippen LogP contribution in [0.25, 0.3) is 0 Å². The smallest absolute Gasteiger partial charge is 0.257 e. The van der Waals surface area contributed by atoms with Gasteiger partial charge in [-0.05, 0) is 18.2 Å². The van der Waals surface area contributed by atoms with E-state index >= 15 is 0 Å². The van der Waals surface area contributed by atoms with Crippen LogP contribution in [0.2, 0.25) is 0 Å². The summed E-state index contributed by atoms with van der Waals surface area (Å²) in [6, 6.07) is 10.0. The van der Waals surface area contributed by atoms with Gasteiger partial charge in [-0.3, -0.25) is 9.36 Å². The molecule has 2 aromatic rings. The lowest BCUT2D eigenvalue weighted by Gasteiger charge is -2.10. The highest BCUT2D eigenvalue weighted by Gasteiger charge is 2.09. The maximum atomic E-state index is 12.4. The van der Waals surface area contributed by atoms with E-state index in [0.717, 1.165) is 22.0 Å². The number of benzene rings is 1. The van der Waals surface area contributed by atoms with Crippen LogP contribution in [0.5, 0.6) is 0 Å². The summed E-state index contributed by atoms with van der Waals surface area (Å²) >= 11 is 1.61. The Balaban J connectivity index is 2.35. The molecule has 0 aliphatic rings. The second-order valence-electron chi connectivity index (χ2n) is 4.21. The van der Waals surface area contributed by atoms with Crippen molar-refractivity contribution in [3.63, 3.8) is 0 Å². The molecule has 2 rings (SSSR count). The van der Waals surface area contributed by atoms with Gasteiger partial charge in [0.2, 0.25) is 0 Å². The van der Waals surface area contributed by atoms with Gasteiger partial charge in [-0.25, -0.2) is 4.98 Å². The van der Waals surface area contributed by atoms with Crippen LogP contribution >= 0.6 is 11.8 Å². The highest BCUT2D eigenvalue weighted by Crippen LogP contribution is 2.14. The van der Waals surface area contributed by atoms with Gasteiger partial charge in [-0.1, -0.05) is 49.0 Å². The quantitative estimate of drug-likeness (QED) is 0.621. The van der Waals surface area contributed by atoms with Crippen LogP contribution in [0.3, 0.4) is 0 Å². The Kier molecular flexibility index (Phi) is 4.80. The van der Waals surface area contributed by atoms with Crippen molar-refractivity contribution in [1.29, 1.82) is 0 Å². The number of rotatable bonds is 5. The monoisotopic (exact) mass is 274 g/mol. The molecule has 100 valence electrons. The van der Waals surface area contributed by atoms with Crippen molar-refractivity contribution in [3.05, 3.63) is 58.0 Å². The molecule has 0 N–H and O–H groups in total. The Morgan fingerprint density at radius 1 is 1.21 bits per heavy atom. The first-order valence-electron chi connectivity index (χ1n) is 6.51. The molecule has 0 spiro atoms. The summed E-state index contributed by atoms with van der Waals surface area (Å²) in [5.74, 6) is 0.921. The summed E-state index contributed by atoms with van der Waals surface area (Å²) < 4.78 is 1.76. The molecule has 0 amide bonds. The SMILES string of the molecule is CCSc1ncc(Cc2ccccc2)c(=O)n1CC. The van der Waals surface area contributed by atoms with Crippen LogP contribution in [0.1, 0.15) is 25.0 Å². The first-order valence-corrected chi connectivity index (χ1v) is 7.50. The average molecular weight is 274 g/mol. The van der Waals surface area contributed by atoms with Crippen molar-refractivity contribution in [2.45, 2.75) is 32.0 Å². The summed E-state index contributed by atoms with van der Waals surface area (Å²) in [7, 11) is 0. The summed E-state index contributed by atoms with van der Waals surface area (Å²) in [6.45, 7) is 4.71. The van der Waals surface area contributed by atoms with Gasteiger partial charge in [0.1, 0.15) is 0 Å². The summed E-state index contributed by atoms with van der Waals surface area (Å²) in [5.41, 5.74) is 1.98. The lowest BCUT2D eigenvalue weighted by atomic mass is 10.1. The zero-order valence-electron chi connectivity index (χ0n) is 11.3. The molecule has 0 atom stereocenters. The van der Waals surface area contributed by atoms with Crippen LogP contribution in [0.4, 0.5) is 0 Å². The Morgan fingerprint density at radius 2 is 1.95 bits per heavy atom. The predicted molar refractivity (Wildman–Crippen MR) is 79.8 cm³/mol. The Bertz CT molecular complexity index is 593. The topological polar surface area (TPSA) is 34.9 Å². The molecule has 0 unspecified atom stereocenters. The molecule has 0 fully saturated rings. The molecule has 0 radical (unpaired) electrons. The number of hydrogen-bond donors (Lipinski definition) is 0. The minimum atomic E-state index is 0.0808. The first kappa shape index (κ1) is 13.9. The molecule has 0 aliphatic heterocycles. The fourth-order valence-electron chi connectivity index (χ4n) is 1.98. The molecule has 1 heterocycles. The van der Waals surface area contributed by atoms with Crippen LogP contribution in [0.15, 0.2) is 46.5 Å². The van der Waals surface area contributed by atoms with E-state index in [1.165, 1.54) is 0 Å². The van der Waals surface area contributed by atoms with Crippen LogP contribution in [0, 0.1) is 0 Å². The Morgan fingerprint density at radius 3 is 2.58 bits per heavy atom. The number of nitrogens with zero attached hydrogens (tertiary/aromatic N) is 2. The lowest BCUT2D eigenvalue weighted by molar-refractivity contribution is 0.614. The van der Waals surface area contributed by atoms with Crippen molar-refractivity contribution < 1.29 is 0 Å². The molecule has 3 nitrogen and oxygen atoms in total. The van der Waals surface area contributed by atoms with Crippen LogP contribution in [-0.2, 0) is 13.0 Å². The molecular weight excluding hydrogens is 256 g/mol. The van der Waals surface area contributed by atoms with Crippen molar-refractivity contribution in [2.24, 2.45) is 0 Å². The van der Waals surface area contributed by atoms with E-state index < -0.39 is 0 Å². The molecule has 0 aliphatic carbocycles. The van der Waals surface area contributed by atoms with Crippen LogP contribution < -0.4 is 5.56 Å². The average Bonchev–Trinajstić information content (AvgIpc) is 2.44. The van der Waals surface area contributed by atoms with E-state index in [-0.39, 0.29) is 5.56 Å². The minimum Gasteiger partial charge on any atom is -0.288 e. The van der Waals surface area contributed by atoms with Gasteiger partial charge in [0.05, 0.1) is 0 Å². The molecule has 0 saturated carbocycles. The Hall–Kier alpha value is -1.55. The first-order chi connectivity index (χ1) is 9.26. The molecule has 0 bridgehead atoms. The molecule has 1 aromatic carbocycles. The highest BCUT2D eigenvalue weighted by atomic mass is 32.2. The third-order valence-electron chi connectivity index (χ3n) is 2.91. The highest BCUT2D eigenvalue weighted by molar-refractivity contribution is 7.99. The van der Waals surface area contributed by atoms with Gasteiger partial charge >= 0.3 is 0 Å². The fraction of sp³-hybridized carbons (Fsp3) is 0.333. The van der Waals surface area contributed by atoms with Crippen molar-refractivity contribution in [1.82, 2.24) is 9.55 Å². The predicted octanol–water partition coefficient (Wildman–Crippen LogP) is 2.97. The van der Waals surface area contributed by atoms with Gasteiger partial charge in [0.25, 0.3) is 5.56 Å². The largest absolute Gasteiger partial charge is 0.288 e. The zero-order valence-corrected chi connectivity index (χ0v) is 12.1. The standard InChI is InChI=1S/C15H18N2OS/c1-3-17-14(18)13(11-16-15(17)19-4-2)10-12-8-6-5-7-9-12/h5-9,11H,3-4,10H2,1-2H3. The van der Waals surface area contributed by atoms with Gasteiger partial charge in [-0.2, -0.15) is 0 Å². The third-order valence-corrected chi connectivity index (χ3v) is 3.78. The number of hydrogen-bond acceptors (Lipinski definition) is 3. The number of thioether (sulfide) groups is 1. The van der Waals surface area contributed by atoms with Gasteiger partial charge < -0.3 is 0 Å².